The number of halogens is 1. The van der Waals surface area contributed by atoms with Crippen molar-refractivity contribution in [1.82, 2.24) is 0 Å². The van der Waals surface area contributed by atoms with E-state index >= 15 is 0 Å². The van der Waals surface area contributed by atoms with Gasteiger partial charge in [0.1, 0.15) is 0 Å². The van der Waals surface area contributed by atoms with E-state index in [-0.39, 0.29) is 5.78 Å². The maximum Gasteiger partial charge on any atom is 0.185 e. The van der Waals surface area contributed by atoms with Crippen LogP contribution in [0.4, 0.5) is 0 Å². The molecule has 0 unspecified atom stereocenters. The van der Waals surface area contributed by atoms with Gasteiger partial charge in [0.25, 0.3) is 0 Å². The average Bonchev–Trinajstić information content (AvgIpc) is 2.25. The summed E-state index contributed by atoms with van der Waals surface area (Å²) in [6.45, 7) is 11.5. The Morgan fingerprint density at radius 3 is 2.47 bits per heavy atom. The SMILES string of the molecule is C=CC(=O)c1ccc(C(C)(C)Cl)c(C)c1CC. The third-order valence-electron chi connectivity index (χ3n) is 3.04. The summed E-state index contributed by atoms with van der Waals surface area (Å²) in [7, 11) is 0. The van der Waals surface area contributed by atoms with E-state index in [9.17, 15) is 4.79 Å². The highest BCUT2D eigenvalue weighted by molar-refractivity contribution is 6.23. The number of ketones is 1. The summed E-state index contributed by atoms with van der Waals surface area (Å²) in [5, 5.41) is 0. The number of hydrogen-bond donors (Lipinski definition) is 0. The molecule has 0 aliphatic rings. The minimum absolute atomic E-state index is 0.0242. The minimum Gasteiger partial charge on any atom is -0.289 e. The fraction of sp³-hybridized carbons (Fsp3) is 0.400. The first kappa shape index (κ1) is 14.0. The van der Waals surface area contributed by atoms with Gasteiger partial charge in [0.15, 0.2) is 5.78 Å². The third-order valence-corrected chi connectivity index (χ3v) is 3.25. The Morgan fingerprint density at radius 2 is 2.06 bits per heavy atom. The second-order valence-electron chi connectivity index (χ2n) is 4.66. The van der Waals surface area contributed by atoms with Crippen LogP contribution in [0.1, 0.15) is 47.8 Å². The van der Waals surface area contributed by atoms with Gasteiger partial charge in [-0.25, -0.2) is 0 Å². The largest absolute Gasteiger partial charge is 0.289 e. The highest BCUT2D eigenvalue weighted by atomic mass is 35.5. The summed E-state index contributed by atoms with van der Waals surface area (Å²) in [4.78, 5) is 11.3. The first-order chi connectivity index (χ1) is 7.82. The van der Waals surface area contributed by atoms with Crippen LogP contribution in [0.3, 0.4) is 0 Å². The Balaban J connectivity index is 3.48. The number of allylic oxidation sites excluding steroid dienone is 1. The van der Waals surface area contributed by atoms with Crippen LogP contribution in [-0.2, 0) is 11.3 Å². The van der Waals surface area contributed by atoms with Crippen LogP contribution in [0, 0.1) is 6.92 Å². The van der Waals surface area contributed by atoms with Crippen LogP contribution in [0.2, 0.25) is 0 Å². The Hall–Kier alpha value is -1.08. The van der Waals surface area contributed by atoms with Crippen molar-refractivity contribution in [3.63, 3.8) is 0 Å². The number of alkyl halides is 1. The Morgan fingerprint density at radius 1 is 1.47 bits per heavy atom. The summed E-state index contributed by atoms with van der Waals surface area (Å²) in [5.74, 6) is -0.0242. The van der Waals surface area contributed by atoms with Gasteiger partial charge in [0.2, 0.25) is 0 Å². The van der Waals surface area contributed by atoms with Gasteiger partial charge in [-0.05, 0) is 50.0 Å². The smallest absolute Gasteiger partial charge is 0.185 e. The van der Waals surface area contributed by atoms with Gasteiger partial charge in [0, 0.05) is 5.56 Å². The van der Waals surface area contributed by atoms with E-state index in [0.29, 0.717) is 0 Å². The lowest BCUT2D eigenvalue weighted by Gasteiger charge is -2.22. The molecule has 0 saturated carbocycles. The molecule has 0 heterocycles. The predicted octanol–water partition coefficient (Wildman–Crippen LogP) is 4.40. The number of rotatable bonds is 4. The first-order valence-electron chi connectivity index (χ1n) is 5.81. The van der Waals surface area contributed by atoms with Crippen LogP contribution >= 0.6 is 11.6 Å². The highest BCUT2D eigenvalue weighted by Crippen LogP contribution is 2.33. The molecule has 1 aromatic rings. The van der Waals surface area contributed by atoms with Gasteiger partial charge in [-0.1, -0.05) is 25.6 Å². The minimum atomic E-state index is -0.413. The van der Waals surface area contributed by atoms with Crippen LogP contribution in [-0.4, -0.2) is 5.78 Å². The molecule has 0 aliphatic heterocycles. The zero-order chi connectivity index (χ0) is 13.2. The van der Waals surface area contributed by atoms with E-state index < -0.39 is 4.87 Å². The zero-order valence-corrected chi connectivity index (χ0v) is 11.7. The summed E-state index contributed by atoms with van der Waals surface area (Å²) in [6.07, 6.45) is 2.18. The Bertz CT molecular complexity index is 453. The number of carbonyl (C=O) groups excluding carboxylic acids is 1. The van der Waals surface area contributed by atoms with Crippen molar-refractivity contribution in [3.05, 3.63) is 47.0 Å². The normalized spacial score (nSPS) is 11.4. The van der Waals surface area contributed by atoms with E-state index in [4.69, 9.17) is 11.6 Å². The van der Waals surface area contributed by atoms with Crippen molar-refractivity contribution in [1.29, 1.82) is 0 Å². The summed E-state index contributed by atoms with van der Waals surface area (Å²) >= 11 is 6.35. The lowest BCUT2D eigenvalue weighted by molar-refractivity contribution is 0.104. The summed E-state index contributed by atoms with van der Waals surface area (Å²) in [5.41, 5.74) is 4.00. The molecule has 0 aliphatic carbocycles. The molecule has 0 saturated heterocycles. The molecule has 1 rings (SSSR count). The maximum atomic E-state index is 11.8. The number of hydrogen-bond acceptors (Lipinski definition) is 1. The topological polar surface area (TPSA) is 17.1 Å². The lowest BCUT2D eigenvalue weighted by Crippen LogP contribution is -2.13. The van der Waals surface area contributed by atoms with E-state index in [1.807, 2.05) is 39.8 Å². The Labute approximate surface area is 108 Å². The van der Waals surface area contributed by atoms with Crippen molar-refractivity contribution in [2.45, 2.75) is 39.0 Å². The second-order valence-corrected chi connectivity index (χ2v) is 5.60. The maximum absolute atomic E-state index is 11.8. The molecule has 0 N–H and O–H groups in total. The molecule has 1 aromatic carbocycles. The van der Waals surface area contributed by atoms with Crippen molar-refractivity contribution < 1.29 is 4.79 Å². The van der Waals surface area contributed by atoms with E-state index in [2.05, 4.69) is 6.58 Å². The van der Waals surface area contributed by atoms with Crippen LogP contribution in [0.25, 0.3) is 0 Å². The quantitative estimate of drug-likeness (QED) is 0.440. The molecular formula is C15H19ClO. The van der Waals surface area contributed by atoms with Crippen molar-refractivity contribution >= 4 is 17.4 Å². The number of carbonyl (C=O) groups is 1. The van der Waals surface area contributed by atoms with Gasteiger partial charge in [-0.15, -0.1) is 11.6 Å². The highest BCUT2D eigenvalue weighted by Gasteiger charge is 2.22. The fourth-order valence-corrected chi connectivity index (χ4v) is 2.40. The molecule has 1 nitrogen and oxygen atoms in total. The molecular weight excluding hydrogens is 232 g/mol. The van der Waals surface area contributed by atoms with Crippen molar-refractivity contribution in [2.24, 2.45) is 0 Å². The van der Waals surface area contributed by atoms with Gasteiger partial charge in [-0.3, -0.25) is 4.79 Å². The molecule has 0 fully saturated rings. The van der Waals surface area contributed by atoms with Crippen LogP contribution < -0.4 is 0 Å². The van der Waals surface area contributed by atoms with E-state index in [1.165, 1.54) is 6.08 Å². The van der Waals surface area contributed by atoms with Gasteiger partial charge in [-0.2, -0.15) is 0 Å². The molecule has 17 heavy (non-hydrogen) atoms. The van der Waals surface area contributed by atoms with Gasteiger partial charge in [0.05, 0.1) is 4.87 Å². The third kappa shape index (κ3) is 2.78. The van der Waals surface area contributed by atoms with E-state index in [1.54, 1.807) is 0 Å². The molecule has 0 radical (unpaired) electrons. The molecule has 0 atom stereocenters. The molecule has 0 spiro atoms. The van der Waals surface area contributed by atoms with Crippen molar-refractivity contribution in [2.75, 3.05) is 0 Å². The average molecular weight is 251 g/mol. The van der Waals surface area contributed by atoms with Crippen molar-refractivity contribution in [3.8, 4) is 0 Å². The molecule has 2 heteroatoms. The molecule has 92 valence electrons. The van der Waals surface area contributed by atoms with Gasteiger partial charge >= 0.3 is 0 Å². The summed E-state index contributed by atoms with van der Waals surface area (Å²) in [6, 6.07) is 3.80. The molecule has 0 amide bonds. The number of benzene rings is 1. The monoisotopic (exact) mass is 250 g/mol. The lowest BCUT2D eigenvalue weighted by atomic mass is 9.88. The molecule has 0 aromatic heterocycles. The first-order valence-corrected chi connectivity index (χ1v) is 6.19. The predicted molar refractivity (Wildman–Crippen MR) is 74.0 cm³/mol. The summed E-state index contributed by atoms with van der Waals surface area (Å²) < 4.78 is 0. The standard InChI is InChI=1S/C15H19ClO/c1-6-11-10(3)13(15(4,5)16)9-8-12(11)14(17)7-2/h7-9H,2,6H2,1,3-5H3. The zero-order valence-electron chi connectivity index (χ0n) is 10.9. The Kier molecular flexibility index (Phi) is 4.16. The van der Waals surface area contributed by atoms with Gasteiger partial charge < -0.3 is 0 Å². The van der Waals surface area contributed by atoms with Crippen LogP contribution in [0.15, 0.2) is 24.8 Å². The van der Waals surface area contributed by atoms with Crippen LogP contribution in [0.5, 0.6) is 0 Å². The van der Waals surface area contributed by atoms with E-state index in [0.717, 1.165) is 28.7 Å². The fourth-order valence-electron chi connectivity index (χ4n) is 2.20. The molecule has 0 bridgehead atoms. The second kappa shape index (κ2) is 5.05.